The highest BCUT2D eigenvalue weighted by atomic mass is 35.5. The summed E-state index contributed by atoms with van der Waals surface area (Å²) in [7, 11) is 0. The second-order valence-corrected chi connectivity index (χ2v) is 7.30. The van der Waals surface area contributed by atoms with E-state index in [0.717, 1.165) is 9.77 Å². The van der Waals surface area contributed by atoms with Crippen molar-refractivity contribution in [2.24, 2.45) is 0 Å². The summed E-state index contributed by atoms with van der Waals surface area (Å²) in [6, 6.07) is 14.5. The number of carboxylic acid groups (broad SMARTS) is 1. The number of fused-ring (bicyclic) bond motifs is 1. The maximum atomic E-state index is 12.8. The molecule has 2 amide bonds. The lowest BCUT2D eigenvalue weighted by atomic mass is 10.1. The van der Waals surface area contributed by atoms with Gasteiger partial charge < -0.3 is 10.0 Å². The van der Waals surface area contributed by atoms with Gasteiger partial charge in [0.1, 0.15) is 5.69 Å². The van der Waals surface area contributed by atoms with E-state index in [1.807, 2.05) is 30.3 Å². The molecule has 6 nitrogen and oxygen atoms in total. The maximum Gasteiger partial charge on any atom is 0.354 e. The number of carboxylic acids is 1. The van der Waals surface area contributed by atoms with Crippen LogP contribution in [0.1, 0.15) is 16.1 Å². The van der Waals surface area contributed by atoms with Crippen LogP contribution >= 0.6 is 23.4 Å². The largest absolute Gasteiger partial charge is 0.477 e. The number of hydrogen-bond donors (Lipinski definition) is 1. The SMILES string of the molecule is O=C(O)c1c(CCN2CCN(c3ccccc3)C2=O)c2c(Cl)cccc2n1Cl. The highest BCUT2D eigenvalue weighted by Crippen LogP contribution is 2.33. The lowest BCUT2D eigenvalue weighted by Gasteiger charge is -2.18. The summed E-state index contributed by atoms with van der Waals surface area (Å²) in [5.74, 6) is -1.13. The predicted molar refractivity (Wildman–Crippen MR) is 110 cm³/mol. The third kappa shape index (κ3) is 3.08. The van der Waals surface area contributed by atoms with Gasteiger partial charge in [0, 0.05) is 42.5 Å². The Bertz CT molecular complexity index is 1070. The van der Waals surface area contributed by atoms with Gasteiger partial charge in [-0.1, -0.05) is 35.9 Å². The number of carbonyl (C=O) groups is 2. The average Bonchev–Trinajstić information content (AvgIpc) is 3.19. The summed E-state index contributed by atoms with van der Waals surface area (Å²) in [5, 5.41) is 10.7. The molecule has 1 fully saturated rings. The minimum Gasteiger partial charge on any atom is -0.477 e. The molecule has 144 valence electrons. The molecule has 0 radical (unpaired) electrons. The minimum atomic E-state index is -1.13. The van der Waals surface area contributed by atoms with Crippen molar-refractivity contribution in [1.29, 1.82) is 0 Å². The quantitative estimate of drug-likeness (QED) is 0.665. The zero-order chi connectivity index (χ0) is 19.8. The number of anilines is 1. The molecule has 1 N–H and O–H groups in total. The fraction of sp³-hybridized carbons (Fsp3) is 0.200. The Labute approximate surface area is 171 Å². The molecule has 2 heterocycles. The van der Waals surface area contributed by atoms with Crippen molar-refractivity contribution in [2.45, 2.75) is 6.42 Å². The highest BCUT2D eigenvalue weighted by molar-refractivity contribution is 6.37. The van der Waals surface area contributed by atoms with Crippen LogP contribution in [0.3, 0.4) is 0 Å². The van der Waals surface area contributed by atoms with Gasteiger partial charge in [-0.05, 0) is 36.2 Å². The van der Waals surface area contributed by atoms with Gasteiger partial charge in [0.25, 0.3) is 0 Å². The van der Waals surface area contributed by atoms with Gasteiger partial charge in [-0.3, -0.25) is 4.90 Å². The normalized spacial score (nSPS) is 14.3. The first kappa shape index (κ1) is 18.7. The van der Waals surface area contributed by atoms with Gasteiger partial charge in [-0.2, -0.15) is 0 Å². The fourth-order valence-electron chi connectivity index (χ4n) is 3.67. The Morgan fingerprint density at radius 2 is 1.82 bits per heavy atom. The van der Waals surface area contributed by atoms with E-state index in [2.05, 4.69) is 0 Å². The van der Waals surface area contributed by atoms with Crippen LogP contribution in [-0.2, 0) is 6.42 Å². The topological polar surface area (TPSA) is 65.8 Å². The van der Waals surface area contributed by atoms with Gasteiger partial charge in [0.2, 0.25) is 0 Å². The van der Waals surface area contributed by atoms with E-state index in [1.165, 1.54) is 0 Å². The standard InChI is InChI=1S/C20H17Cl2N3O3/c21-15-7-4-8-16-17(15)14(18(19(26)27)25(16)22)9-10-23-11-12-24(20(23)28)13-5-2-1-3-6-13/h1-8H,9-12H2,(H,26,27). The van der Waals surface area contributed by atoms with Crippen LogP contribution in [0.5, 0.6) is 0 Å². The van der Waals surface area contributed by atoms with Crippen LogP contribution in [0, 0.1) is 0 Å². The lowest BCUT2D eigenvalue weighted by molar-refractivity contribution is 0.0688. The van der Waals surface area contributed by atoms with Gasteiger partial charge in [-0.25, -0.2) is 13.7 Å². The Kier molecular flexibility index (Phi) is 4.91. The molecule has 1 aliphatic heterocycles. The van der Waals surface area contributed by atoms with E-state index < -0.39 is 5.97 Å². The number of hydrogen-bond acceptors (Lipinski definition) is 2. The van der Waals surface area contributed by atoms with Crippen molar-refractivity contribution in [3.05, 3.63) is 64.8 Å². The molecule has 2 aromatic carbocycles. The predicted octanol–water partition coefficient (Wildman–Crippen LogP) is 4.48. The Morgan fingerprint density at radius 1 is 1.07 bits per heavy atom. The van der Waals surface area contributed by atoms with Gasteiger partial charge in [0.15, 0.2) is 0 Å². The number of carbonyl (C=O) groups excluding carboxylic acids is 1. The number of halogens is 2. The van der Waals surface area contributed by atoms with E-state index in [-0.39, 0.29) is 11.7 Å². The fourth-order valence-corrected chi connectivity index (χ4v) is 4.27. The number of nitrogens with zero attached hydrogens (tertiary/aromatic N) is 3. The number of amides is 2. The Balaban J connectivity index is 1.61. The first-order valence-electron chi connectivity index (χ1n) is 8.81. The number of rotatable bonds is 5. The number of aromatic nitrogens is 1. The van der Waals surface area contributed by atoms with E-state index in [4.69, 9.17) is 23.4 Å². The molecule has 0 unspecified atom stereocenters. The minimum absolute atomic E-state index is 0.0173. The molecule has 0 aliphatic carbocycles. The molecule has 3 aromatic rings. The number of benzene rings is 2. The summed E-state index contributed by atoms with van der Waals surface area (Å²) in [5.41, 5.74) is 1.91. The molecule has 8 heteroatoms. The maximum absolute atomic E-state index is 12.8. The average molecular weight is 418 g/mol. The summed E-state index contributed by atoms with van der Waals surface area (Å²) in [6.07, 6.45) is 0.343. The zero-order valence-corrected chi connectivity index (χ0v) is 16.3. The molecule has 28 heavy (non-hydrogen) atoms. The summed E-state index contributed by atoms with van der Waals surface area (Å²) in [4.78, 5) is 28.0. The summed E-state index contributed by atoms with van der Waals surface area (Å²) < 4.78 is 1.13. The summed E-state index contributed by atoms with van der Waals surface area (Å²) >= 11 is 12.6. The second kappa shape index (κ2) is 7.37. The molecule has 1 aromatic heterocycles. The Hall–Kier alpha value is -2.70. The zero-order valence-electron chi connectivity index (χ0n) is 14.8. The van der Waals surface area contributed by atoms with Crippen molar-refractivity contribution >= 4 is 52.0 Å². The third-order valence-electron chi connectivity index (χ3n) is 4.98. The molecule has 1 saturated heterocycles. The number of aromatic carboxylic acids is 1. The Morgan fingerprint density at radius 3 is 2.54 bits per heavy atom. The smallest absolute Gasteiger partial charge is 0.354 e. The molecular formula is C20H17Cl2N3O3. The van der Waals surface area contributed by atoms with Gasteiger partial charge in [-0.15, -0.1) is 0 Å². The molecule has 0 atom stereocenters. The van der Waals surface area contributed by atoms with E-state index in [0.29, 0.717) is 47.5 Å². The van der Waals surface area contributed by atoms with Gasteiger partial charge >= 0.3 is 12.0 Å². The van der Waals surface area contributed by atoms with Crippen LogP contribution in [-0.4, -0.2) is 45.7 Å². The second-order valence-electron chi connectivity index (χ2n) is 6.55. The lowest BCUT2D eigenvalue weighted by Crippen LogP contribution is -2.33. The number of para-hydroxylation sites is 1. The van der Waals surface area contributed by atoms with Crippen molar-refractivity contribution in [3.63, 3.8) is 0 Å². The van der Waals surface area contributed by atoms with Crippen molar-refractivity contribution in [2.75, 3.05) is 24.5 Å². The van der Waals surface area contributed by atoms with Gasteiger partial charge in [0.05, 0.1) is 10.5 Å². The third-order valence-corrected chi connectivity index (χ3v) is 5.65. The van der Waals surface area contributed by atoms with E-state index in [9.17, 15) is 14.7 Å². The first-order valence-corrected chi connectivity index (χ1v) is 9.53. The monoisotopic (exact) mass is 417 g/mol. The molecular weight excluding hydrogens is 401 g/mol. The first-order chi connectivity index (χ1) is 13.5. The van der Waals surface area contributed by atoms with Crippen LogP contribution in [0.4, 0.5) is 10.5 Å². The number of urea groups is 1. The van der Waals surface area contributed by atoms with Crippen molar-refractivity contribution < 1.29 is 14.7 Å². The van der Waals surface area contributed by atoms with Crippen LogP contribution in [0.2, 0.25) is 5.02 Å². The molecule has 4 rings (SSSR count). The summed E-state index contributed by atoms with van der Waals surface area (Å²) in [6.45, 7) is 1.54. The van der Waals surface area contributed by atoms with E-state index >= 15 is 0 Å². The molecule has 0 bridgehead atoms. The molecule has 1 aliphatic rings. The molecule has 0 spiro atoms. The van der Waals surface area contributed by atoms with Crippen LogP contribution in [0.15, 0.2) is 48.5 Å². The van der Waals surface area contributed by atoms with Crippen LogP contribution < -0.4 is 4.90 Å². The van der Waals surface area contributed by atoms with Crippen molar-refractivity contribution in [3.8, 4) is 0 Å². The van der Waals surface area contributed by atoms with Crippen LogP contribution in [0.25, 0.3) is 10.9 Å². The van der Waals surface area contributed by atoms with Crippen molar-refractivity contribution in [1.82, 2.24) is 8.99 Å². The molecule has 0 saturated carbocycles. The highest BCUT2D eigenvalue weighted by Gasteiger charge is 2.30. The van der Waals surface area contributed by atoms with E-state index in [1.54, 1.807) is 28.0 Å².